The van der Waals surface area contributed by atoms with E-state index in [4.69, 9.17) is 5.73 Å². The normalized spacial score (nSPS) is 11.8. The van der Waals surface area contributed by atoms with Crippen LogP contribution < -0.4 is 16.4 Å². The number of hydrogen-bond donors (Lipinski definition) is 3. The minimum atomic E-state index is -0.838. The van der Waals surface area contributed by atoms with Gasteiger partial charge in [0.1, 0.15) is 11.6 Å². The minimum Gasteiger partial charge on any atom is -0.324 e. The summed E-state index contributed by atoms with van der Waals surface area (Å²) >= 11 is 0. The summed E-state index contributed by atoms with van der Waals surface area (Å²) < 4.78 is 26.2. The molecule has 2 aromatic rings. The zero-order valence-corrected chi connectivity index (χ0v) is 11.4. The third-order valence-electron chi connectivity index (χ3n) is 2.85. The van der Waals surface area contributed by atoms with Crippen LogP contribution in [0, 0.1) is 11.6 Å². The Hall–Kier alpha value is -2.47. The highest BCUT2D eigenvalue weighted by molar-refractivity contribution is 5.99. The van der Waals surface area contributed by atoms with Gasteiger partial charge < -0.3 is 16.4 Å². The first-order chi connectivity index (χ1) is 9.95. The summed E-state index contributed by atoms with van der Waals surface area (Å²) in [5.74, 6) is -1.54. The molecule has 1 unspecified atom stereocenters. The van der Waals surface area contributed by atoms with Crippen LogP contribution in [0.3, 0.4) is 0 Å². The maximum absolute atomic E-state index is 13.4. The summed E-state index contributed by atoms with van der Waals surface area (Å²) in [5, 5.41) is 4.87. The monoisotopic (exact) mass is 291 g/mol. The zero-order chi connectivity index (χ0) is 15.4. The fourth-order valence-electron chi connectivity index (χ4n) is 1.78. The second-order valence-electron chi connectivity index (χ2n) is 4.62. The molecular weight excluding hydrogens is 276 g/mol. The molecule has 110 valence electrons. The lowest BCUT2D eigenvalue weighted by Crippen LogP contribution is -2.20. The van der Waals surface area contributed by atoms with Crippen LogP contribution in [0.1, 0.15) is 18.5 Å². The Bertz CT molecular complexity index is 659. The summed E-state index contributed by atoms with van der Waals surface area (Å²) in [4.78, 5) is 11.8. The summed E-state index contributed by atoms with van der Waals surface area (Å²) in [6.07, 6.45) is 0. The molecule has 4 N–H and O–H groups in total. The van der Waals surface area contributed by atoms with Gasteiger partial charge in [0.05, 0.1) is 5.69 Å². The SMILES string of the molecule is CC(N)c1cccc(NC(=O)Nc2ccc(F)cc2F)c1. The van der Waals surface area contributed by atoms with Gasteiger partial charge in [0.25, 0.3) is 0 Å². The average molecular weight is 291 g/mol. The molecule has 0 radical (unpaired) electrons. The molecule has 21 heavy (non-hydrogen) atoms. The Balaban J connectivity index is 2.06. The van der Waals surface area contributed by atoms with Gasteiger partial charge in [-0.2, -0.15) is 0 Å². The van der Waals surface area contributed by atoms with Crippen LogP contribution in [0.2, 0.25) is 0 Å². The third kappa shape index (κ3) is 4.00. The van der Waals surface area contributed by atoms with Crippen molar-refractivity contribution in [2.45, 2.75) is 13.0 Å². The topological polar surface area (TPSA) is 67.1 Å². The predicted octanol–water partition coefficient (Wildman–Crippen LogP) is 3.63. The zero-order valence-electron chi connectivity index (χ0n) is 11.4. The van der Waals surface area contributed by atoms with Gasteiger partial charge in [0, 0.05) is 17.8 Å². The van der Waals surface area contributed by atoms with Gasteiger partial charge in [0.2, 0.25) is 0 Å². The Morgan fingerprint density at radius 3 is 2.57 bits per heavy atom. The van der Waals surface area contributed by atoms with E-state index in [1.54, 1.807) is 18.2 Å². The van der Waals surface area contributed by atoms with Crippen molar-refractivity contribution >= 4 is 17.4 Å². The number of rotatable bonds is 3. The number of urea groups is 1. The number of nitrogens with two attached hydrogens (primary N) is 1. The molecule has 1 atom stereocenters. The van der Waals surface area contributed by atoms with Gasteiger partial charge in [-0.15, -0.1) is 0 Å². The Labute approximate surface area is 121 Å². The number of benzene rings is 2. The Kier molecular flexibility index (Phi) is 4.49. The van der Waals surface area contributed by atoms with Gasteiger partial charge in [-0.3, -0.25) is 0 Å². The van der Waals surface area contributed by atoms with Crippen LogP contribution in [0.5, 0.6) is 0 Å². The van der Waals surface area contributed by atoms with Crippen LogP contribution in [0.25, 0.3) is 0 Å². The van der Waals surface area contributed by atoms with E-state index < -0.39 is 17.7 Å². The molecule has 2 aromatic carbocycles. The average Bonchev–Trinajstić information content (AvgIpc) is 2.42. The molecule has 0 fully saturated rings. The van der Waals surface area contributed by atoms with E-state index in [1.807, 2.05) is 13.0 Å². The quantitative estimate of drug-likeness (QED) is 0.808. The maximum atomic E-state index is 13.4. The lowest BCUT2D eigenvalue weighted by molar-refractivity contribution is 0.262. The Morgan fingerprint density at radius 2 is 1.90 bits per heavy atom. The van der Waals surface area contributed by atoms with Gasteiger partial charge in [-0.1, -0.05) is 12.1 Å². The molecule has 2 amide bonds. The molecule has 0 saturated heterocycles. The first-order valence-corrected chi connectivity index (χ1v) is 6.34. The summed E-state index contributed by atoms with van der Waals surface area (Å²) in [5.41, 5.74) is 7.05. The van der Waals surface area contributed by atoms with E-state index in [-0.39, 0.29) is 11.7 Å². The highest BCUT2D eigenvalue weighted by Crippen LogP contribution is 2.17. The first kappa shape index (κ1) is 14.9. The van der Waals surface area contributed by atoms with E-state index >= 15 is 0 Å². The number of anilines is 2. The van der Waals surface area contributed by atoms with Crippen molar-refractivity contribution in [2.75, 3.05) is 10.6 Å². The van der Waals surface area contributed by atoms with Gasteiger partial charge in [-0.25, -0.2) is 13.6 Å². The van der Waals surface area contributed by atoms with E-state index in [9.17, 15) is 13.6 Å². The standard InChI is InChI=1S/C15H15F2N3O/c1-9(18)10-3-2-4-12(7-10)19-15(21)20-14-6-5-11(16)8-13(14)17/h2-9H,18H2,1H3,(H2,19,20,21). The second kappa shape index (κ2) is 6.32. The molecule has 0 saturated carbocycles. The summed E-state index contributed by atoms with van der Waals surface area (Å²) in [7, 11) is 0. The molecule has 0 heterocycles. The van der Waals surface area contributed by atoms with E-state index in [2.05, 4.69) is 10.6 Å². The van der Waals surface area contributed by atoms with Crippen LogP contribution in [0.4, 0.5) is 25.0 Å². The van der Waals surface area contributed by atoms with Crippen molar-refractivity contribution in [2.24, 2.45) is 5.73 Å². The number of hydrogen-bond acceptors (Lipinski definition) is 2. The van der Waals surface area contributed by atoms with Crippen molar-refractivity contribution in [3.8, 4) is 0 Å². The van der Waals surface area contributed by atoms with Gasteiger partial charge in [-0.05, 0) is 36.8 Å². The summed E-state index contributed by atoms with van der Waals surface area (Å²) in [6, 6.07) is 9.15. The van der Waals surface area contributed by atoms with Crippen molar-refractivity contribution in [3.05, 3.63) is 59.7 Å². The molecule has 0 bridgehead atoms. The van der Waals surface area contributed by atoms with Gasteiger partial charge >= 0.3 is 6.03 Å². The van der Waals surface area contributed by atoms with Crippen molar-refractivity contribution in [3.63, 3.8) is 0 Å². The van der Waals surface area contributed by atoms with Crippen molar-refractivity contribution < 1.29 is 13.6 Å². The highest BCUT2D eigenvalue weighted by atomic mass is 19.1. The molecular formula is C15H15F2N3O. The first-order valence-electron chi connectivity index (χ1n) is 6.34. The fourth-order valence-corrected chi connectivity index (χ4v) is 1.78. The number of nitrogens with one attached hydrogen (secondary N) is 2. The van der Waals surface area contributed by atoms with Gasteiger partial charge in [0.15, 0.2) is 0 Å². The minimum absolute atomic E-state index is 0.0998. The predicted molar refractivity (Wildman–Crippen MR) is 78.0 cm³/mol. The smallest absolute Gasteiger partial charge is 0.323 e. The largest absolute Gasteiger partial charge is 0.324 e. The number of halogens is 2. The Morgan fingerprint density at radius 1 is 1.14 bits per heavy atom. The number of carbonyl (C=O) groups excluding carboxylic acids is 1. The molecule has 2 rings (SSSR count). The highest BCUT2D eigenvalue weighted by Gasteiger charge is 2.08. The number of amides is 2. The van der Waals surface area contributed by atoms with Crippen LogP contribution >= 0.6 is 0 Å². The maximum Gasteiger partial charge on any atom is 0.323 e. The molecule has 0 aliphatic heterocycles. The second-order valence-corrected chi connectivity index (χ2v) is 4.62. The van der Waals surface area contributed by atoms with Crippen molar-refractivity contribution in [1.82, 2.24) is 0 Å². The molecule has 6 heteroatoms. The molecule has 0 spiro atoms. The lowest BCUT2D eigenvalue weighted by Gasteiger charge is -2.11. The fraction of sp³-hybridized carbons (Fsp3) is 0.133. The van der Waals surface area contributed by atoms with E-state index in [0.717, 1.165) is 17.7 Å². The molecule has 4 nitrogen and oxygen atoms in total. The molecule has 0 aliphatic rings. The molecule has 0 aliphatic carbocycles. The van der Waals surface area contributed by atoms with Crippen LogP contribution in [-0.4, -0.2) is 6.03 Å². The van der Waals surface area contributed by atoms with Crippen LogP contribution in [-0.2, 0) is 0 Å². The molecule has 0 aromatic heterocycles. The van der Waals surface area contributed by atoms with E-state index in [0.29, 0.717) is 11.8 Å². The summed E-state index contributed by atoms with van der Waals surface area (Å²) in [6.45, 7) is 1.83. The third-order valence-corrected chi connectivity index (χ3v) is 2.85. The van der Waals surface area contributed by atoms with E-state index in [1.165, 1.54) is 0 Å². The van der Waals surface area contributed by atoms with Crippen LogP contribution in [0.15, 0.2) is 42.5 Å². The number of carbonyl (C=O) groups is 1. The van der Waals surface area contributed by atoms with Crippen molar-refractivity contribution in [1.29, 1.82) is 0 Å². The lowest BCUT2D eigenvalue weighted by atomic mass is 10.1.